The fraction of sp³-hybridized carbons (Fsp3) is 0.167. The Balaban J connectivity index is 2.91. The summed E-state index contributed by atoms with van der Waals surface area (Å²) in [7, 11) is 0. The molecule has 1 aromatic heterocycles. The highest BCUT2D eigenvalue weighted by molar-refractivity contribution is 6.07. The predicted octanol–water partition coefficient (Wildman–Crippen LogP) is 2.45. The van der Waals surface area contributed by atoms with Crippen LogP contribution in [0.1, 0.15) is 32.0 Å². The number of hydrogen-bond acceptors (Lipinski definition) is 3. The minimum atomic E-state index is -1.18. The Kier molecular flexibility index (Phi) is 2.38. The first-order valence-electron chi connectivity index (χ1n) is 4.92. The Morgan fingerprint density at radius 1 is 1.12 bits per heavy atom. The Bertz CT molecular complexity index is 636. The Hall–Kier alpha value is -2.30. The van der Waals surface area contributed by atoms with Gasteiger partial charge in [-0.3, -0.25) is 0 Å². The third kappa shape index (κ3) is 1.65. The first-order valence-corrected chi connectivity index (χ1v) is 4.92. The van der Waals surface area contributed by atoms with E-state index in [1.807, 2.05) is 0 Å². The van der Waals surface area contributed by atoms with Gasteiger partial charge in [-0.1, -0.05) is 0 Å². The molecule has 0 saturated heterocycles. The lowest BCUT2D eigenvalue weighted by molar-refractivity contribution is 0.0696. The quantitative estimate of drug-likeness (QED) is 0.833. The van der Waals surface area contributed by atoms with E-state index in [9.17, 15) is 9.59 Å². The van der Waals surface area contributed by atoms with Gasteiger partial charge < -0.3 is 14.6 Å². The second-order valence-electron chi connectivity index (χ2n) is 3.79. The SMILES string of the molecule is Cc1oc2cc(C(=O)O)cc(C(=O)O)c2c1C. The van der Waals surface area contributed by atoms with Crippen molar-refractivity contribution in [3.63, 3.8) is 0 Å². The molecule has 2 rings (SSSR count). The molecule has 0 saturated carbocycles. The van der Waals surface area contributed by atoms with Crippen LogP contribution < -0.4 is 0 Å². The highest BCUT2D eigenvalue weighted by Gasteiger charge is 2.19. The van der Waals surface area contributed by atoms with Crippen LogP contribution in [-0.2, 0) is 0 Å². The molecular formula is C12H10O5. The maximum absolute atomic E-state index is 11.1. The van der Waals surface area contributed by atoms with Crippen LogP contribution in [0.3, 0.4) is 0 Å². The van der Waals surface area contributed by atoms with Crippen molar-refractivity contribution in [1.29, 1.82) is 0 Å². The molecule has 5 nitrogen and oxygen atoms in total. The van der Waals surface area contributed by atoms with Crippen LogP contribution in [0.5, 0.6) is 0 Å². The van der Waals surface area contributed by atoms with Crippen molar-refractivity contribution >= 4 is 22.9 Å². The van der Waals surface area contributed by atoms with Gasteiger partial charge in [-0.2, -0.15) is 0 Å². The zero-order valence-corrected chi connectivity index (χ0v) is 9.27. The van der Waals surface area contributed by atoms with E-state index >= 15 is 0 Å². The Labute approximate surface area is 96.3 Å². The predicted molar refractivity (Wildman–Crippen MR) is 59.6 cm³/mol. The van der Waals surface area contributed by atoms with Crippen LogP contribution in [0.15, 0.2) is 16.5 Å². The highest BCUT2D eigenvalue weighted by Crippen LogP contribution is 2.29. The molecule has 0 fully saturated rings. The molecule has 1 aromatic carbocycles. The van der Waals surface area contributed by atoms with Gasteiger partial charge in [-0.25, -0.2) is 9.59 Å². The van der Waals surface area contributed by atoms with Gasteiger partial charge in [-0.15, -0.1) is 0 Å². The topological polar surface area (TPSA) is 87.7 Å². The minimum Gasteiger partial charge on any atom is -0.478 e. The van der Waals surface area contributed by atoms with E-state index in [2.05, 4.69) is 0 Å². The smallest absolute Gasteiger partial charge is 0.336 e. The number of carbonyl (C=O) groups is 2. The number of aryl methyl sites for hydroxylation is 2. The lowest BCUT2D eigenvalue weighted by Crippen LogP contribution is -2.03. The average molecular weight is 234 g/mol. The van der Waals surface area contributed by atoms with Crippen LogP contribution in [0.4, 0.5) is 0 Å². The molecule has 0 radical (unpaired) electrons. The molecule has 0 aliphatic rings. The van der Waals surface area contributed by atoms with Crippen molar-refractivity contribution in [2.45, 2.75) is 13.8 Å². The van der Waals surface area contributed by atoms with Crippen molar-refractivity contribution in [2.75, 3.05) is 0 Å². The molecule has 0 amide bonds. The summed E-state index contributed by atoms with van der Waals surface area (Å²) in [5, 5.41) is 18.4. The fourth-order valence-electron chi connectivity index (χ4n) is 1.79. The zero-order chi connectivity index (χ0) is 12.7. The molecular weight excluding hydrogens is 224 g/mol. The maximum Gasteiger partial charge on any atom is 0.336 e. The lowest BCUT2D eigenvalue weighted by Gasteiger charge is -2.00. The van der Waals surface area contributed by atoms with E-state index in [4.69, 9.17) is 14.6 Å². The number of fused-ring (bicyclic) bond motifs is 1. The van der Waals surface area contributed by atoms with Crippen molar-refractivity contribution in [1.82, 2.24) is 0 Å². The highest BCUT2D eigenvalue weighted by atomic mass is 16.4. The first-order chi connectivity index (χ1) is 7.91. The molecule has 0 aliphatic carbocycles. The van der Waals surface area contributed by atoms with Gasteiger partial charge in [-0.05, 0) is 31.5 Å². The fourth-order valence-corrected chi connectivity index (χ4v) is 1.79. The van der Waals surface area contributed by atoms with Crippen LogP contribution in [0.25, 0.3) is 11.0 Å². The van der Waals surface area contributed by atoms with E-state index in [0.29, 0.717) is 16.7 Å². The molecule has 0 spiro atoms. The third-order valence-corrected chi connectivity index (χ3v) is 2.75. The minimum absolute atomic E-state index is 0.0470. The van der Waals surface area contributed by atoms with Crippen LogP contribution in [0, 0.1) is 13.8 Å². The summed E-state index contributed by atoms with van der Waals surface area (Å²) in [6.07, 6.45) is 0. The van der Waals surface area contributed by atoms with E-state index in [1.54, 1.807) is 13.8 Å². The normalized spacial score (nSPS) is 10.7. The summed E-state index contributed by atoms with van der Waals surface area (Å²) in [5.41, 5.74) is 0.865. The van der Waals surface area contributed by atoms with E-state index in [1.165, 1.54) is 6.07 Å². The van der Waals surface area contributed by atoms with Gasteiger partial charge in [0.25, 0.3) is 0 Å². The second-order valence-corrected chi connectivity index (χ2v) is 3.79. The van der Waals surface area contributed by atoms with Crippen molar-refractivity contribution in [3.8, 4) is 0 Å². The third-order valence-electron chi connectivity index (χ3n) is 2.75. The average Bonchev–Trinajstić information content (AvgIpc) is 2.53. The summed E-state index contributed by atoms with van der Waals surface area (Å²) in [6.45, 7) is 3.45. The summed E-state index contributed by atoms with van der Waals surface area (Å²) in [4.78, 5) is 22.0. The summed E-state index contributed by atoms with van der Waals surface area (Å²) >= 11 is 0. The maximum atomic E-state index is 11.1. The van der Waals surface area contributed by atoms with Gasteiger partial charge in [0.05, 0.1) is 11.1 Å². The molecule has 0 unspecified atom stereocenters. The van der Waals surface area contributed by atoms with Gasteiger partial charge >= 0.3 is 11.9 Å². The number of furan rings is 1. The van der Waals surface area contributed by atoms with Crippen molar-refractivity contribution in [2.24, 2.45) is 0 Å². The van der Waals surface area contributed by atoms with E-state index in [-0.39, 0.29) is 16.7 Å². The molecule has 17 heavy (non-hydrogen) atoms. The van der Waals surface area contributed by atoms with Gasteiger partial charge in [0.2, 0.25) is 0 Å². The molecule has 1 heterocycles. The van der Waals surface area contributed by atoms with Gasteiger partial charge in [0, 0.05) is 5.39 Å². The van der Waals surface area contributed by atoms with Crippen LogP contribution >= 0.6 is 0 Å². The molecule has 2 aromatic rings. The molecule has 0 aliphatic heterocycles. The monoisotopic (exact) mass is 234 g/mol. The number of hydrogen-bond donors (Lipinski definition) is 2. The molecule has 0 atom stereocenters. The van der Waals surface area contributed by atoms with Gasteiger partial charge in [0.15, 0.2) is 0 Å². The molecule has 0 bridgehead atoms. The number of carboxylic acids is 2. The van der Waals surface area contributed by atoms with Crippen molar-refractivity contribution in [3.05, 3.63) is 34.6 Å². The molecule has 88 valence electrons. The second kappa shape index (κ2) is 3.62. The van der Waals surface area contributed by atoms with Gasteiger partial charge in [0.1, 0.15) is 11.3 Å². The first kappa shape index (κ1) is 11.2. The summed E-state index contributed by atoms with van der Waals surface area (Å²) in [6, 6.07) is 2.49. The standard InChI is InChI=1S/C12H10O5/c1-5-6(2)17-9-4-7(11(13)14)3-8(10(5)9)12(15)16/h3-4H,1-2H3,(H,13,14)(H,15,16). The lowest BCUT2D eigenvalue weighted by atomic mass is 10.0. The summed E-state index contributed by atoms with van der Waals surface area (Å²) in [5.74, 6) is -1.76. The largest absolute Gasteiger partial charge is 0.478 e. The van der Waals surface area contributed by atoms with Crippen LogP contribution in [0.2, 0.25) is 0 Å². The number of aromatic carboxylic acids is 2. The molecule has 5 heteroatoms. The van der Waals surface area contributed by atoms with E-state index < -0.39 is 11.9 Å². The Morgan fingerprint density at radius 3 is 2.29 bits per heavy atom. The number of rotatable bonds is 2. The van der Waals surface area contributed by atoms with E-state index in [0.717, 1.165) is 6.07 Å². The van der Waals surface area contributed by atoms with Crippen LogP contribution in [-0.4, -0.2) is 22.2 Å². The zero-order valence-electron chi connectivity index (χ0n) is 9.27. The van der Waals surface area contributed by atoms with Crippen molar-refractivity contribution < 1.29 is 24.2 Å². The summed E-state index contributed by atoms with van der Waals surface area (Å²) < 4.78 is 5.35. The molecule has 2 N–H and O–H groups in total. The number of carboxylic acid groups (broad SMARTS) is 2. The Morgan fingerprint density at radius 2 is 1.76 bits per heavy atom. The number of benzene rings is 1.